The first-order valence-electron chi connectivity index (χ1n) is 3.61. The number of carbonyl (C=O) groups excluding carboxylic acids is 1. The van der Waals surface area contributed by atoms with Gasteiger partial charge in [-0.15, -0.1) is 0 Å². The van der Waals surface area contributed by atoms with Crippen LogP contribution in [0.5, 0.6) is 0 Å². The lowest BCUT2D eigenvalue weighted by Gasteiger charge is -2.17. The molecular formula is C9H6BrNO. The van der Waals surface area contributed by atoms with Crippen molar-refractivity contribution in [3.63, 3.8) is 0 Å². The van der Waals surface area contributed by atoms with E-state index in [2.05, 4.69) is 20.9 Å². The Morgan fingerprint density at radius 1 is 1.42 bits per heavy atom. The van der Waals surface area contributed by atoms with E-state index in [9.17, 15) is 4.79 Å². The zero-order valence-electron chi connectivity index (χ0n) is 6.20. The predicted molar refractivity (Wildman–Crippen MR) is 51.2 cm³/mol. The van der Waals surface area contributed by atoms with Gasteiger partial charge in [0.25, 0.3) is 5.91 Å². The second-order valence-electron chi connectivity index (χ2n) is 2.62. The van der Waals surface area contributed by atoms with E-state index >= 15 is 0 Å². The first-order valence-corrected chi connectivity index (χ1v) is 4.41. The fraction of sp³-hybridized carbons (Fsp3) is 0.111. The molecule has 0 aromatic heterocycles. The Morgan fingerprint density at radius 2 is 2.25 bits per heavy atom. The van der Waals surface area contributed by atoms with Crippen LogP contribution in [0.2, 0.25) is 0 Å². The number of nitrogens with zero attached hydrogens (tertiary/aromatic N) is 1. The van der Waals surface area contributed by atoms with Crippen LogP contribution >= 0.6 is 15.9 Å². The lowest BCUT2D eigenvalue weighted by atomic mass is 9.92. The van der Waals surface area contributed by atoms with Crippen molar-refractivity contribution in [3.05, 3.63) is 34.4 Å². The molecule has 12 heavy (non-hydrogen) atoms. The molecule has 0 bridgehead atoms. The predicted octanol–water partition coefficient (Wildman–Crippen LogP) is 1.99. The summed E-state index contributed by atoms with van der Waals surface area (Å²) in [6.45, 7) is 0. The summed E-state index contributed by atoms with van der Waals surface area (Å²) >= 11 is 3.35. The van der Waals surface area contributed by atoms with Gasteiger partial charge in [0, 0.05) is 10.7 Å². The van der Waals surface area contributed by atoms with Crippen LogP contribution < -0.4 is 0 Å². The molecule has 0 aromatic carbocycles. The molecule has 0 radical (unpaired) electrons. The second-order valence-corrected chi connectivity index (χ2v) is 3.48. The van der Waals surface area contributed by atoms with Crippen molar-refractivity contribution in [1.29, 1.82) is 0 Å². The maximum absolute atomic E-state index is 11.2. The third kappa shape index (κ3) is 1.10. The number of carbonyl (C=O) groups is 1. The van der Waals surface area contributed by atoms with E-state index in [0.29, 0.717) is 0 Å². The number of halogens is 1. The van der Waals surface area contributed by atoms with Crippen molar-refractivity contribution in [2.24, 2.45) is 10.9 Å². The highest BCUT2D eigenvalue weighted by Crippen LogP contribution is 2.28. The van der Waals surface area contributed by atoms with Gasteiger partial charge < -0.3 is 0 Å². The standard InChI is InChI=1S/C9H6BrNO/c10-8-5-11-9(12)7-4-2-1-3-6(7)8/h1-5,7H. The highest BCUT2D eigenvalue weighted by molar-refractivity contribution is 9.12. The minimum absolute atomic E-state index is 0.0891. The molecular weight excluding hydrogens is 218 g/mol. The number of allylic oxidation sites excluding steroid dienone is 4. The van der Waals surface area contributed by atoms with Crippen molar-refractivity contribution < 1.29 is 4.79 Å². The molecule has 0 spiro atoms. The summed E-state index contributed by atoms with van der Waals surface area (Å²) in [5.74, 6) is -0.261. The van der Waals surface area contributed by atoms with Gasteiger partial charge in [-0.25, -0.2) is 4.99 Å². The number of hydrogen-bond donors (Lipinski definition) is 0. The number of aliphatic imine (C=N–C) groups is 1. The maximum atomic E-state index is 11.2. The maximum Gasteiger partial charge on any atom is 0.257 e. The van der Waals surface area contributed by atoms with Gasteiger partial charge in [-0.3, -0.25) is 4.79 Å². The Kier molecular flexibility index (Phi) is 1.81. The van der Waals surface area contributed by atoms with Crippen LogP contribution in [-0.2, 0) is 4.79 Å². The Bertz CT molecular complexity index is 350. The first-order chi connectivity index (χ1) is 5.79. The van der Waals surface area contributed by atoms with Crippen molar-refractivity contribution in [3.8, 4) is 0 Å². The molecule has 2 nitrogen and oxygen atoms in total. The molecule has 1 unspecified atom stereocenters. The van der Waals surface area contributed by atoms with Gasteiger partial charge in [0.15, 0.2) is 0 Å². The van der Waals surface area contributed by atoms with E-state index in [-0.39, 0.29) is 11.8 Å². The molecule has 2 aliphatic rings. The zero-order valence-corrected chi connectivity index (χ0v) is 7.78. The third-order valence-corrected chi connectivity index (χ3v) is 2.54. The smallest absolute Gasteiger partial charge is 0.257 e. The third-order valence-electron chi connectivity index (χ3n) is 1.87. The monoisotopic (exact) mass is 223 g/mol. The molecule has 0 saturated carbocycles. The normalized spacial score (nSPS) is 26.4. The van der Waals surface area contributed by atoms with Gasteiger partial charge >= 0.3 is 0 Å². The molecule has 2 rings (SSSR count). The fourth-order valence-corrected chi connectivity index (χ4v) is 1.74. The van der Waals surface area contributed by atoms with E-state index in [1.165, 1.54) is 0 Å². The van der Waals surface area contributed by atoms with Gasteiger partial charge in [0.2, 0.25) is 0 Å². The second kappa shape index (κ2) is 2.83. The van der Waals surface area contributed by atoms with E-state index in [0.717, 1.165) is 10.1 Å². The van der Waals surface area contributed by atoms with Crippen LogP contribution in [0.4, 0.5) is 0 Å². The van der Waals surface area contributed by atoms with E-state index in [4.69, 9.17) is 0 Å². The molecule has 0 saturated heterocycles. The van der Waals surface area contributed by atoms with E-state index < -0.39 is 0 Å². The molecule has 3 heteroatoms. The first kappa shape index (κ1) is 7.68. The molecule has 1 heterocycles. The van der Waals surface area contributed by atoms with Gasteiger partial charge in [-0.1, -0.05) is 24.3 Å². The molecule has 0 aromatic rings. The van der Waals surface area contributed by atoms with Crippen LogP contribution in [0.3, 0.4) is 0 Å². The molecule has 0 N–H and O–H groups in total. The minimum atomic E-state index is -0.172. The number of amides is 1. The van der Waals surface area contributed by atoms with Gasteiger partial charge in [-0.2, -0.15) is 0 Å². The molecule has 1 amide bonds. The van der Waals surface area contributed by atoms with Crippen molar-refractivity contribution in [2.75, 3.05) is 0 Å². The Morgan fingerprint density at radius 3 is 3.00 bits per heavy atom. The van der Waals surface area contributed by atoms with Crippen molar-refractivity contribution in [1.82, 2.24) is 0 Å². The summed E-state index contributed by atoms with van der Waals surface area (Å²) < 4.78 is 0.896. The quantitative estimate of drug-likeness (QED) is 0.618. The summed E-state index contributed by atoms with van der Waals surface area (Å²) in [4.78, 5) is 15.0. The average molecular weight is 224 g/mol. The van der Waals surface area contributed by atoms with Crippen LogP contribution in [0.1, 0.15) is 0 Å². The summed E-state index contributed by atoms with van der Waals surface area (Å²) in [6.07, 6.45) is 9.12. The lowest BCUT2D eigenvalue weighted by Crippen LogP contribution is -2.17. The molecule has 1 atom stereocenters. The SMILES string of the molecule is O=C1N=CC(Br)=C2C=CC=CC12. The number of dihydropyridines is 1. The van der Waals surface area contributed by atoms with Gasteiger partial charge in [0.1, 0.15) is 0 Å². The number of fused-ring (bicyclic) bond motifs is 1. The van der Waals surface area contributed by atoms with Gasteiger partial charge in [-0.05, 0) is 21.5 Å². The van der Waals surface area contributed by atoms with Crippen molar-refractivity contribution in [2.45, 2.75) is 0 Å². The number of hydrogen-bond acceptors (Lipinski definition) is 1. The minimum Gasteiger partial charge on any atom is -0.272 e. The largest absolute Gasteiger partial charge is 0.272 e. The van der Waals surface area contributed by atoms with Crippen molar-refractivity contribution >= 4 is 28.1 Å². The topological polar surface area (TPSA) is 29.4 Å². The molecule has 60 valence electrons. The number of rotatable bonds is 0. The zero-order chi connectivity index (χ0) is 8.55. The Labute approximate surface area is 78.5 Å². The van der Waals surface area contributed by atoms with Crippen LogP contribution in [0.15, 0.2) is 39.4 Å². The molecule has 0 fully saturated rings. The van der Waals surface area contributed by atoms with Gasteiger partial charge in [0.05, 0.1) is 5.92 Å². The highest BCUT2D eigenvalue weighted by atomic mass is 79.9. The van der Waals surface area contributed by atoms with Crippen LogP contribution in [-0.4, -0.2) is 12.1 Å². The summed E-state index contributed by atoms with van der Waals surface area (Å²) in [7, 11) is 0. The van der Waals surface area contributed by atoms with Crippen LogP contribution in [0.25, 0.3) is 0 Å². The summed E-state index contributed by atoms with van der Waals surface area (Å²) in [5.41, 5.74) is 0.998. The van der Waals surface area contributed by atoms with E-state index in [1.54, 1.807) is 6.21 Å². The highest BCUT2D eigenvalue weighted by Gasteiger charge is 2.24. The molecule has 1 aliphatic carbocycles. The van der Waals surface area contributed by atoms with Crippen LogP contribution in [0, 0.1) is 5.92 Å². The van der Waals surface area contributed by atoms with E-state index in [1.807, 2.05) is 24.3 Å². The molecule has 1 aliphatic heterocycles. The summed E-state index contributed by atoms with van der Waals surface area (Å²) in [6, 6.07) is 0. The lowest BCUT2D eigenvalue weighted by molar-refractivity contribution is -0.119. The Balaban J connectivity index is 2.51. The fourth-order valence-electron chi connectivity index (χ4n) is 1.26. The summed E-state index contributed by atoms with van der Waals surface area (Å²) in [5, 5.41) is 0. The average Bonchev–Trinajstić information content (AvgIpc) is 2.12. The Hall–Kier alpha value is -0.960.